The Bertz CT molecular complexity index is 351. The predicted octanol–water partition coefficient (Wildman–Crippen LogP) is 2.62. The highest BCUT2D eigenvalue weighted by Crippen LogP contribution is 2.57. The van der Waals surface area contributed by atoms with Gasteiger partial charge in [-0.2, -0.15) is 0 Å². The number of rotatable bonds is 3. The number of nitrogens with one attached hydrogen (secondary N) is 1. The first-order chi connectivity index (χ1) is 9.30. The van der Waals surface area contributed by atoms with Gasteiger partial charge in [0.15, 0.2) is 5.96 Å². The Morgan fingerprint density at radius 1 is 1.30 bits per heavy atom. The highest BCUT2D eigenvalue weighted by molar-refractivity contribution is 14.0. The summed E-state index contributed by atoms with van der Waals surface area (Å²) in [4.78, 5) is 6.88. The molecule has 3 fully saturated rings. The van der Waals surface area contributed by atoms with E-state index in [1.807, 2.05) is 7.05 Å². The molecular formula is C15H28IN3O. The van der Waals surface area contributed by atoms with Gasteiger partial charge in [-0.1, -0.05) is 6.42 Å². The van der Waals surface area contributed by atoms with E-state index < -0.39 is 0 Å². The average molecular weight is 393 g/mol. The van der Waals surface area contributed by atoms with Gasteiger partial charge in [-0.25, -0.2) is 0 Å². The van der Waals surface area contributed by atoms with Crippen molar-refractivity contribution in [1.29, 1.82) is 0 Å². The molecule has 2 atom stereocenters. The summed E-state index contributed by atoms with van der Waals surface area (Å²) >= 11 is 0. The van der Waals surface area contributed by atoms with Crippen molar-refractivity contribution in [1.82, 2.24) is 10.2 Å². The zero-order chi connectivity index (χ0) is 13.3. The monoisotopic (exact) mass is 393 g/mol. The van der Waals surface area contributed by atoms with E-state index in [1.165, 1.54) is 32.1 Å². The third-order valence-corrected chi connectivity index (χ3v) is 5.36. The second-order valence-corrected chi connectivity index (χ2v) is 6.20. The van der Waals surface area contributed by atoms with Gasteiger partial charge in [0.2, 0.25) is 0 Å². The standard InChI is InChI=1S/C15H27N3O.HI/c1-3-19-13-11-12(15(13)7-6-8-15)17-14(16-2)18-9-4-5-10-18;/h12-13H,3-11H2,1-2H3,(H,16,17);1H. The van der Waals surface area contributed by atoms with E-state index in [0.29, 0.717) is 17.6 Å². The Kier molecular flexibility index (Phi) is 5.56. The first kappa shape index (κ1) is 16.3. The first-order valence-electron chi connectivity index (χ1n) is 7.90. The van der Waals surface area contributed by atoms with E-state index in [1.54, 1.807) is 0 Å². The van der Waals surface area contributed by atoms with Gasteiger partial charge in [-0.3, -0.25) is 4.99 Å². The van der Waals surface area contributed by atoms with Gasteiger partial charge < -0.3 is 15.0 Å². The molecule has 20 heavy (non-hydrogen) atoms. The lowest BCUT2D eigenvalue weighted by Crippen LogP contribution is -2.68. The van der Waals surface area contributed by atoms with Crippen LogP contribution < -0.4 is 5.32 Å². The molecule has 1 heterocycles. The minimum absolute atomic E-state index is 0. The van der Waals surface area contributed by atoms with Crippen molar-refractivity contribution >= 4 is 29.9 Å². The lowest BCUT2D eigenvalue weighted by atomic mass is 9.51. The normalized spacial score (nSPS) is 31.5. The Labute approximate surface area is 139 Å². The summed E-state index contributed by atoms with van der Waals surface area (Å²) in [6, 6.07) is 0.581. The van der Waals surface area contributed by atoms with Crippen molar-refractivity contribution in [2.45, 2.75) is 57.6 Å². The van der Waals surface area contributed by atoms with Crippen LogP contribution >= 0.6 is 24.0 Å². The van der Waals surface area contributed by atoms with Gasteiger partial charge in [0.25, 0.3) is 0 Å². The lowest BCUT2D eigenvalue weighted by Gasteiger charge is -2.61. The predicted molar refractivity (Wildman–Crippen MR) is 92.8 cm³/mol. The molecule has 1 saturated heterocycles. The second kappa shape index (κ2) is 6.81. The maximum absolute atomic E-state index is 5.91. The van der Waals surface area contributed by atoms with E-state index in [9.17, 15) is 0 Å². The number of likely N-dealkylation sites (tertiary alicyclic amines) is 1. The fraction of sp³-hybridized carbons (Fsp3) is 0.933. The summed E-state index contributed by atoms with van der Waals surface area (Å²) in [5.74, 6) is 1.11. The Hall–Kier alpha value is -0.0400. The number of guanidine groups is 1. The average Bonchev–Trinajstić information content (AvgIpc) is 2.84. The van der Waals surface area contributed by atoms with Crippen molar-refractivity contribution < 1.29 is 4.74 Å². The summed E-state index contributed by atoms with van der Waals surface area (Å²) in [5.41, 5.74) is 0.422. The molecule has 2 aliphatic carbocycles. The Morgan fingerprint density at radius 2 is 2.00 bits per heavy atom. The molecule has 2 unspecified atom stereocenters. The maximum atomic E-state index is 5.91. The van der Waals surface area contributed by atoms with Crippen LogP contribution in [0.5, 0.6) is 0 Å². The molecule has 1 aliphatic heterocycles. The number of aliphatic imine (C=N–C) groups is 1. The highest BCUT2D eigenvalue weighted by atomic mass is 127. The smallest absolute Gasteiger partial charge is 0.193 e. The lowest BCUT2D eigenvalue weighted by molar-refractivity contribution is -0.168. The van der Waals surface area contributed by atoms with Crippen LogP contribution in [0.4, 0.5) is 0 Å². The van der Waals surface area contributed by atoms with Crippen LogP contribution in [-0.4, -0.2) is 49.7 Å². The zero-order valence-corrected chi connectivity index (χ0v) is 15.1. The van der Waals surface area contributed by atoms with E-state index in [0.717, 1.165) is 32.1 Å². The third-order valence-electron chi connectivity index (χ3n) is 5.36. The van der Waals surface area contributed by atoms with E-state index in [-0.39, 0.29) is 24.0 Å². The number of hydrogen-bond acceptors (Lipinski definition) is 2. The van der Waals surface area contributed by atoms with Crippen molar-refractivity contribution in [2.24, 2.45) is 10.4 Å². The topological polar surface area (TPSA) is 36.9 Å². The van der Waals surface area contributed by atoms with Crippen molar-refractivity contribution in [3.8, 4) is 0 Å². The zero-order valence-electron chi connectivity index (χ0n) is 12.7. The minimum Gasteiger partial charge on any atom is -0.378 e. The van der Waals surface area contributed by atoms with Gasteiger partial charge in [-0.15, -0.1) is 24.0 Å². The Morgan fingerprint density at radius 3 is 2.50 bits per heavy atom. The van der Waals surface area contributed by atoms with Crippen LogP contribution in [0.1, 0.15) is 45.4 Å². The van der Waals surface area contributed by atoms with E-state index >= 15 is 0 Å². The van der Waals surface area contributed by atoms with Gasteiger partial charge in [0, 0.05) is 38.2 Å². The molecule has 3 rings (SSSR count). The molecule has 3 aliphatic rings. The third kappa shape index (κ3) is 2.67. The van der Waals surface area contributed by atoms with E-state index in [4.69, 9.17) is 4.74 Å². The minimum atomic E-state index is 0. The van der Waals surface area contributed by atoms with Gasteiger partial charge >= 0.3 is 0 Å². The SMILES string of the molecule is CCOC1CC(NC(=NC)N2CCCC2)C12CCC2.I. The largest absolute Gasteiger partial charge is 0.378 e. The van der Waals surface area contributed by atoms with Gasteiger partial charge in [-0.05, 0) is 39.0 Å². The fourth-order valence-electron chi connectivity index (χ4n) is 4.02. The number of hydrogen-bond donors (Lipinski definition) is 1. The number of halogens is 1. The summed E-state index contributed by atoms with van der Waals surface area (Å²) in [5, 5.41) is 3.72. The number of nitrogens with zero attached hydrogens (tertiary/aromatic N) is 2. The first-order valence-corrected chi connectivity index (χ1v) is 7.90. The quantitative estimate of drug-likeness (QED) is 0.455. The fourth-order valence-corrected chi connectivity index (χ4v) is 4.02. The van der Waals surface area contributed by atoms with Crippen LogP contribution in [0, 0.1) is 5.41 Å². The summed E-state index contributed by atoms with van der Waals surface area (Å²) < 4.78 is 5.91. The highest BCUT2D eigenvalue weighted by Gasteiger charge is 2.59. The van der Waals surface area contributed by atoms with Crippen LogP contribution in [0.15, 0.2) is 4.99 Å². The summed E-state index contributed by atoms with van der Waals surface area (Å²) in [6.07, 6.45) is 8.26. The van der Waals surface area contributed by atoms with Crippen LogP contribution in [0.25, 0.3) is 0 Å². The van der Waals surface area contributed by atoms with Gasteiger partial charge in [0.1, 0.15) is 0 Å². The molecule has 116 valence electrons. The van der Waals surface area contributed by atoms with Crippen LogP contribution in [-0.2, 0) is 4.74 Å². The molecule has 1 N–H and O–H groups in total. The molecule has 0 amide bonds. The second-order valence-electron chi connectivity index (χ2n) is 6.20. The molecular weight excluding hydrogens is 365 g/mol. The molecule has 0 aromatic carbocycles. The molecule has 0 radical (unpaired) electrons. The van der Waals surface area contributed by atoms with Crippen molar-refractivity contribution in [3.05, 3.63) is 0 Å². The van der Waals surface area contributed by atoms with Crippen molar-refractivity contribution in [3.63, 3.8) is 0 Å². The number of ether oxygens (including phenoxy) is 1. The maximum Gasteiger partial charge on any atom is 0.193 e. The summed E-state index contributed by atoms with van der Waals surface area (Å²) in [6.45, 7) is 5.28. The molecule has 0 bridgehead atoms. The van der Waals surface area contributed by atoms with Crippen LogP contribution in [0.2, 0.25) is 0 Å². The molecule has 0 aromatic rings. The molecule has 0 aromatic heterocycles. The summed E-state index contributed by atoms with van der Waals surface area (Å²) in [7, 11) is 1.91. The van der Waals surface area contributed by atoms with Crippen LogP contribution in [0.3, 0.4) is 0 Å². The van der Waals surface area contributed by atoms with Gasteiger partial charge in [0.05, 0.1) is 6.10 Å². The molecule has 4 nitrogen and oxygen atoms in total. The van der Waals surface area contributed by atoms with Crippen molar-refractivity contribution in [2.75, 3.05) is 26.7 Å². The van der Waals surface area contributed by atoms with E-state index in [2.05, 4.69) is 22.1 Å². The Balaban J connectivity index is 0.00000147. The molecule has 2 saturated carbocycles. The molecule has 1 spiro atoms. The molecule has 5 heteroatoms.